The molecule has 0 saturated carbocycles. The standard InChI is InChI=1S/C26H24N4O4S/c1-18(31)34-23-13-12-20(14-24(23)33-2)15-27-29-25(32)17-35-26-28-21-10-6-7-11-22(21)30(26)16-19-8-4-3-5-9-19/h3-15H,16-17H2,1-2H3,(H,29,32)/b27-15-. The summed E-state index contributed by atoms with van der Waals surface area (Å²) in [5.74, 6) is 0.170. The van der Waals surface area contributed by atoms with Crippen LogP contribution in [0.25, 0.3) is 11.0 Å². The highest BCUT2D eigenvalue weighted by molar-refractivity contribution is 7.99. The molecule has 0 spiro atoms. The second-order valence-electron chi connectivity index (χ2n) is 7.54. The molecule has 0 radical (unpaired) electrons. The number of rotatable bonds is 9. The summed E-state index contributed by atoms with van der Waals surface area (Å²) in [6.07, 6.45) is 1.49. The summed E-state index contributed by atoms with van der Waals surface area (Å²) in [5, 5.41) is 4.79. The Morgan fingerprint density at radius 3 is 2.60 bits per heavy atom. The van der Waals surface area contributed by atoms with Crippen LogP contribution in [-0.2, 0) is 16.1 Å². The van der Waals surface area contributed by atoms with E-state index in [0.717, 1.165) is 21.8 Å². The van der Waals surface area contributed by atoms with E-state index in [-0.39, 0.29) is 11.7 Å². The van der Waals surface area contributed by atoms with Crippen LogP contribution in [0.2, 0.25) is 0 Å². The van der Waals surface area contributed by atoms with Crippen LogP contribution in [-0.4, -0.2) is 40.5 Å². The smallest absolute Gasteiger partial charge is 0.308 e. The van der Waals surface area contributed by atoms with Gasteiger partial charge in [0.2, 0.25) is 0 Å². The number of nitrogens with zero attached hydrogens (tertiary/aromatic N) is 3. The van der Waals surface area contributed by atoms with Crippen LogP contribution in [0.4, 0.5) is 0 Å². The summed E-state index contributed by atoms with van der Waals surface area (Å²) >= 11 is 1.36. The van der Waals surface area contributed by atoms with Gasteiger partial charge in [-0.25, -0.2) is 10.4 Å². The molecule has 0 saturated heterocycles. The van der Waals surface area contributed by atoms with Gasteiger partial charge in [-0.15, -0.1) is 0 Å². The Morgan fingerprint density at radius 1 is 1.06 bits per heavy atom. The molecule has 0 unspecified atom stereocenters. The maximum atomic E-state index is 12.4. The number of fused-ring (bicyclic) bond motifs is 1. The molecule has 0 bridgehead atoms. The molecule has 35 heavy (non-hydrogen) atoms. The van der Waals surface area contributed by atoms with Gasteiger partial charge in [-0.05, 0) is 41.5 Å². The summed E-state index contributed by atoms with van der Waals surface area (Å²) in [6, 6.07) is 23.0. The molecule has 1 N–H and O–H groups in total. The molecule has 0 aliphatic carbocycles. The zero-order valence-corrected chi connectivity index (χ0v) is 20.1. The fourth-order valence-electron chi connectivity index (χ4n) is 3.43. The zero-order chi connectivity index (χ0) is 24.6. The van der Waals surface area contributed by atoms with E-state index in [2.05, 4.69) is 27.2 Å². The lowest BCUT2D eigenvalue weighted by Crippen LogP contribution is -2.20. The minimum Gasteiger partial charge on any atom is -0.493 e. The van der Waals surface area contributed by atoms with Crippen molar-refractivity contribution in [2.45, 2.75) is 18.6 Å². The molecule has 1 heterocycles. The van der Waals surface area contributed by atoms with Crippen LogP contribution >= 0.6 is 11.8 Å². The van der Waals surface area contributed by atoms with Gasteiger partial charge in [-0.1, -0.05) is 54.2 Å². The summed E-state index contributed by atoms with van der Waals surface area (Å²) in [7, 11) is 1.48. The third kappa shape index (κ3) is 6.27. The summed E-state index contributed by atoms with van der Waals surface area (Å²) < 4.78 is 12.4. The number of carbonyl (C=O) groups excluding carboxylic acids is 2. The number of hydrogen-bond acceptors (Lipinski definition) is 7. The van der Waals surface area contributed by atoms with Gasteiger partial charge in [-0.2, -0.15) is 5.10 Å². The zero-order valence-electron chi connectivity index (χ0n) is 19.3. The van der Waals surface area contributed by atoms with Crippen molar-refractivity contribution in [3.05, 3.63) is 83.9 Å². The predicted molar refractivity (Wildman–Crippen MR) is 136 cm³/mol. The molecule has 0 aliphatic rings. The van der Waals surface area contributed by atoms with Gasteiger partial charge in [0.25, 0.3) is 5.91 Å². The van der Waals surface area contributed by atoms with Crippen LogP contribution < -0.4 is 14.9 Å². The fraction of sp³-hybridized carbons (Fsp3) is 0.154. The normalized spacial score (nSPS) is 11.0. The Labute approximate surface area is 207 Å². The number of methoxy groups -OCH3 is 1. The molecule has 9 heteroatoms. The van der Waals surface area contributed by atoms with E-state index in [0.29, 0.717) is 23.6 Å². The molecular weight excluding hydrogens is 464 g/mol. The molecule has 0 aliphatic heterocycles. The molecule has 4 aromatic rings. The first kappa shape index (κ1) is 24.0. The van der Waals surface area contributed by atoms with Crippen molar-refractivity contribution in [3.63, 3.8) is 0 Å². The number of benzene rings is 3. The van der Waals surface area contributed by atoms with Gasteiger partial charge in [0.15, 0.2) is 16.7 Å². The van der Waals surface area contributed by atoms with Crippen molar-refractivity contribution >= 4 is 40.9 Å². The minimum atomic E-state index is -0.438. The topological polar surface area (TPSA) is 94.8 Å². The number of aromatic nitrogens is 2. The summed E-state index contributed by atoms with van der Waals surface area (Å²) in [5.41, 5.74) is 6.27. The number of ether oxygens (including phenoxy) is 2. The molecule has 0 fully saturated rings. The minimum absolute atomic E-state index is 0.157. The third-order valence-electron chi connectivity index (χ3n) is 4.98. The Morgan fingerprint density at radius 2 is 1.83 bits per heavy atom. The number of hydrogen-bond donors (Lipinski definition) is 1. The molecule has 1 aromatic heterocycles. The number of thioether (sulfide) groups is 1. The molecule has 1 amide bonds. The predicted octanol–water partition coefficient (Wildman–Crippen LogP) is 4.26. The molecule has 4 rings (SSSR count). The highest BCUT2D eigenvalue weighted by atomic mass is 32.2. The molecular formula is C26H24N4O4S. The Balaban J connectivity index is 1.40. The molecule has 178 valence electrons. The molecule has 0 atom stereocenters. The van der Waals surface area contributed by atoms with E-state index >= 15 is 0 Å². The van der Waals surface area contributed by atoms with Gasteiger partial charge in [0.1, 0.15) is 0 Å². The Bertz CT molecular complexity index is 1370. The van der Waals surface area contributed by atoms with Crippen molar-refractivity contribution in [3.8, 4) is 11.5 Å². The number of nitrogens with one attached hydrogen (secondary N) is 1. The van der Waals surface area contributed by atoms with Crippen molar-refractivity contribution in [1.29, 1.82) is 0 Å². The summed E-state index contributed by atoms with van der Waals surface area (Å²) in [6.45, 7) is 1.98. The number of amides is 1. The second-order valence-corrected chi connectivity index (χ2v) is 8.48. The third-order valence-corrected chi connectivity index (χ3v) is 5.96. The quantitative estimate of drug-likeness (QED) is 0.124. The van der Waals surface area contributed by atoms with Crippen molar-refractivity contribution in [2.75, 3.05) is 12.9 Å². The van der Waals surface area contributed by atoms with Crippen LogP contribution in [0.15, 0.2) is 83.1 Å². The largest absolute Gasteiger partial charge is 0.493 e. The van der Waals surface area contributed by atoms with Gasteiger partial charge in [-0.3, -0.25) is 9.59 Å². The first-order valence-corrected chi connectivity index (χ1v) is 11.8. The lowest BCUT2D eigenvalue weighted by atomic mass is 10.2. The van der Waals surface area contributed by atoms with Crippen molar-refractivity contribution < 1.29 is 19.1 Å². The first-order chi connectivity index (χ1) is 17.0. The average molecular weight is 489 g/mol. The maximum Gasteiger partial charge on any atom is 0.308 e. The Kier molecular flexibility index (Phi) is 7.79. The van der Waals surface area contributed by atoms with Crippen LogP contribution in [0, 0.1) is 0 Å². The van der Waals surface area contributed by atoms with Gasteiger partial charge >= 0.3 is 5.97 Å². The van der Waals surface area contributed by atoms with Gasteiger partial charge < -0.3 is 14.0 Å². The van der Waals surface area contributed by atoms with Crippen molar-refractivity contribution in [1.82, 2.24) is 15.0 Å². The highest BCUT2D eigenvalue weighted by Crippen LogP contribution is 2.28. The SMILES string of the molecule is COc1cc(/C=N\NC(=O)CSc2nc3ccccc3n2Cc2ccccc2)ccc1OC(C)=O. The van der Waals surface area contributed by atoms with E-state index in [1.807, 2.05) is 42.5 Å². The van der Waals surface area contributed by atoms with E-state index < -0.39 is 5.97 Å². The monoisotopic (exact) mass is 488 g/mol. The number of hydrazone groups is 1. The van der Waals surface area contributed by atoms with Crippen LogP contribution in [0.3, 0.4) is 0 Å². The number of esters is 1. The average Bonchev–Trinajstić information content (AvgIpc) is 3.21. The van der Waals surface area contributed by atoms with E-state index in [1.54, 1.807) is 18.2 Å². The first-order valence-electron chi connectivity index (χ1n) is 10.8. The number of para-hydroxylation sites is 2. The van der Waals surface area contributed by atoms with Crippen LogP contribution in [0.5, 0.6) is 11.5 Å². The molecule has 3 aromatic carbocycles. The van der Waals surface area contributed by atoms with Crippen molar-refractivity contribution in [2.24, 2.45) is 5.10 Å². The van der Waals surface area contributed by atoms with Gasteiger partial charge in [0.05, 0.1) is 36.7 Å². The Hall–Kier alpha value is -4.11. The van der Waals surface area contributed by atoms with E-state index in [9.17, 15) is 9.59 Å². The van der Waals surface area contributed by atoms with Crippen LogP contribution in [0.1, 0.15) is 18.1 Å². The highest BCUT2D eigenvalue weighted by Gasteiger charge is 2.13. The lowest BCUT2D eigenvalue weighted by molar-refractivity contribution is -0.132. The fourth-order valence-corrected chi connectivity index (χ4v) is 4.23. The van der Waals surface area contributed by atoms with E-state index in [1.165, 1.54) is 32.0 Å². The lowest BCUT2D eigenvalue weighted by Gasteiger charge is -2.09. The van der Waals surface area contributed by atoms with Gasteiger partial charge in [0, 0.05) is 6.92 Å². The number of imidazole rings is 1. The number of carbonyl (C=O) groups is 2. The maximum absolute atomic E-state index is 12.4. The molecule has 8 nitrogen and oxygen atoms in total. The van der Waals surface area contributed by atoms with E-state index in [4.69, 9.17) is 14.5 Å². The summed E-state index contributed by atoms with van der Waals surface area (Å²) in [4.78, 5) is 28.3. The second kappa shape index (κ2) is 11.3.